The highest BCUT2D eigenvalue weighted by Gasteiger charge is 2.50. The van der Waals surface area contributed by atoms with Crippen LogP contribution in [0.2, 0.25) is 0 Å². The number of piperidine rings is 1. The number of carbonyl (C=O) groups is 1. The van der Waals surface area contributed by atoms with Gasteiger partial charge in [0, 0.05) is 24.1 Å². The van der Waals surface area contributed by atoms with Gasteiger partial charge in [0.25, 0.3) is 0 Å². The monoisotopic (exact) mass is 545 g/mol. The van der Waals surface area contributed by atoms with Crippen molar-refractivity contribution in [2.75, 3.05) is 18.0 Å². The van der Waals surface area contributed by atoms with Gasteiger partial charge < -0.3 is 15.0 Å². The topological polar surface area (TPSA) is 71.8 Å². The second-order valence-electron chi connectivity index (χ2n) is 11.9. The minimum Gasteiger partial charge on any atom is -0.444 e. The van der Waals surface area contributed by atoms with Crippen LogP contribution in [0.4, 0.5) is 19.4 Å². The molecule has 2 aromatic carbocycles. The van der Waals surface area contributed by atoms with Gasteiger partial charge in [0.05, 0.1) is 23.6 Å². The Morgan fingerprint density at radius 2 is 1.77 bits per heavy atom. The van der Waals surface area contributed by atoms with Crippen molar-refractivity contribution in [3.05, 3.63) is 83.2 Å². The number of hydrogen-bond acceptors (Lipinski definition) is 5. The van der Waals surface area contributed by atoms with E-state index in [1.165, 1.54) is 12.1 Å². The van der Waals surface area contributed by atoms with E-state index in [1.54, 1.807) is 35.0 Å². The average molecular weight is 546 g/mol. The molecule has 2 aromatic heterocycles. The Balaban J connectivity index is 1.31. The maximum Gasteiger partial charge on any atom is 0.408 e. The van der Waals surface area contributed by atoms with Crippen LogP contribution < -0.4 is 10.2 Å². The molecule has 1 spiro atoms. The number of aryl methyl sites for hydroxylation is 1. The molecule has 1 aliphatic carbocycles. The van der Waals surface area contributed by atoms with Crippen molar-refractivity contribution in [1.82, 2.24) is 19.9 Å². The summed E-state index contributed by atoms with van der Waals surface area (Å²) >= 11 is 0. The van der Waals surface area contributed by atoms with Gasteiger partial charge in [-0.25, -0.2) is 23.1 Å². The van der Waals surface area contributed by atoms with E-state index in [1.807, 2.05) is 39.8 Å². The lowest BCUT2D eigenvalue weighted by molar-refractivity contribution is 0.0428. The largest absolute Gasteiger partial charge is 0.444 e. The zero-order chi connectivity index (χ0) is 28.2. The zero-order valence-electron chi connectivity index (χ0n) is 23.2. The first kappa shape index (κ1) is 26.2. The van der Waals surface area contributed by atoms with E-state index < -0.39 is 11.7 Å². The van der Waals surface area contributed by atoms with Crippen molar-refractivity contribution in [2.45, 2.75) is 58.6 Å². The third-order valence-electron chi connectivity index (χ3n) is 8.16. The lowest BCUT2D eigenvalue weighted by Gasteiger charge is -2.44. The molecule has 4 aromatic rings. The van der Waals surface area contributed by atoms with E-state index in [4.69, 9.17) is 9.72 Å². The number of carbonyl (C=O) groups excluding carboxylic acids is 1. The Bertz CT molecular complexity index is 1600. The van der Waals surface area contributed by atoms with Gasteiger partial charge >= 0.3 is 6.09 Å². The molecule has 7 nitrogen and oxygen atoms in total. The molecule has 2 aliphatic rings. The van der Waals surface area contributed by atoms with E-state index in [9.17, 15) is 13.6 Å². The van der Waals surface area contributed by atoms with Crippen LogP contribution in [-0.2, 0) is 11.2 Å². The van der Waals surface area contributed by atoms with Crippen LogP contribution in [0.5, 0.6) is 0 Å². The van der Waals surface area contributed by atoms with Gasteiger partial charge in [-0.15, -0.1) is 0 Å². The summed E-state index contributed by atoms with van der Waals surface area (Å²) < 4.78 is 37.0. The summed E-state index contributed by atoms with van der Waals surface area (Å²) in [5.41, 5.74) is 3.04. The van der Waals surface area contributed by atoms with E-state index in [0.717, 1.165) is 29.7 Å². The summed E-state index contributed by atoms with van der Waals surface area (Å²) in [5.74, 6) is 0.214. The summed E-state index contributed by atoms with van der Waals surface area (Å²) in [7, 11) is 0. The van der Waals surface area contributed by atoms with Crippen LogP contribution in [0, 0.1) is 24.0 Å². The molecule has 1 fully saturated rings. The Labute approximate surface area is 232 Å². The number of halogens is 2. The quantitative estimate of drug-likeness (QED) is 0.323. The van der Waals surface area contributed by atoms with Crippen molar-refractivity contribution in [1.29, 1.82) is 0 Å². The molecule has 1 atom stereocenters. The van der Waals surface area contributed by atoms with Crippen molar-refractivity contribution < 1.29 is 18.3 Å². The van der Waals surface area contributed by atoms with Crippen LogP contribution >= 0.6 is 0 Å². The molecule has 0 unspecified atom stereocenters. The van der Waals surface area contributed by atoms with Gasteiger partial charge in [0.2, 0.25) is 0 Å². The van der Waals surface area contributed by atoms with E-state index in [2.05, 4.69) is 15.3 Å². The molecular weight excluding hydrogens is 512 g/mol. The van der Waals surface area contributed by atoms with Crippen molar-refractivity contribution in [3.8, 4) is 11.3 Å². The molecule has 1 aliphatic heterocycles. The maximum atomic E-state index is 14.9. The molecule has 1 saturated heterocycles. The number of ether oxygens (including phenoxy) is 1. The number of hydrogen-bond donors (Lipinski definition) is 1. The molecule has 3 heterocycles. The maximum absolute atomic E-state index is 14.9. The molecular formula is C31H33F2N5O2. The third-order valence-corrected chi connectivity index (χ3v) is 8.16. The number of nitrogens with zero attached hydrogens (tertiary/aromatic N) is 4. The number of anilines is 1. The second-order valence-corrected chi connectivity index (χ2v) is 11.9. The fourth-order valence-electron chi connectivity index (χ4n) is 6.37. The summed E-state index contributed by atoms with van der Waals surface area (Å²) in [6, 6.07) is 13.3. The van der Waals surface area contributed by atoms with Crippen LogP contribution in [0.15, 0.2) is 54.7 Å². The first-order chi connectivity index (χ1) is 19.1. The van der Waals surface area contributed by atoms with Gasteiger partial charge in [-0.3, -0.25) is 0 Å². The molecule has 1 N–H and O–H groups in total. The number of benzene rings is 2. The highest BCUT2D eigenvalue weighted by atomic mass is 19.1. The molecule has 208 valence electrons. The molecule has 0 radical (unpaired) electrons. The Morgan fingerprint density at radius 3 is 2.50 bits per heavy atom. The predicted molar refractivity (Wildman–Crippen MR) is 149 cm³/mol. The Morgan fingerprint density at radius 1 is 1.05 bits per heavy atom. The number of fused-ring (bicyclic) bond motifs is 2. The highest BCUT2D eigenvalue weighted by Crippen LogP contribution is 2.53. The fraction of sp³-hybridized carbons (Fsp3) is 0.387. The van der Waals surface area contributed by atoms with Crippen LogP contribution in [0.3, 0.4) is 0 Å². The van der Waals surface area contributed by atoms with Gasteiger partial charge in [-0.2, -0.15) is 5.10 Å². The van der Waals surface area contributed by atoms with E-state index >= 15 is 0 Å². The normalized spacial score (nSPS) is 18.2. The fourth-order valence-corrected chi connectivity index (χ4v) is 6.37. The zero-order valence-corrected chi connectivity index (χ0v) is 23.2. The summed E-state index contributed by atoms with van der Waals surface area (Å²) in [6.07, 6.45) is 3.19. The molecule has 40 heavy (non-hydrogen) atoms. The number of aromatic nitrogens is 3. The minimum atomic E-state index is -0.640. The summed E-state index contributed by atoms with van der Waals surface area (Å²) in [5, 5.41) is 7.60. The van der Waals surface area contributed by atoms with Crippen LogP contribution in [0.1, 0.15) is 56.5 Å². The molecule has 1 amide bonds. The summed E-state index contributed by atoms with van der Waals surface area (Å²) in [6.45, 7) is 8.67. The number of alkyl carbamates (subject to hydrolysis) is 1. The lowest BCUT2D eigenvalue weighted by Crippen LogP contribution is -2.48. The molecule has 0 saturated carbocycles. The first-order valence-electron chi connectivity index (χ1n) is 13.7. The van der Waals surface area contributed by atoms with E-state index in [-0.39, 0.29) is 23.1 Å². The number of nitrogens with one attached hydrogen (secondary N) is 1. The molecule has 6 rings (SSSR count). The Kier molecular flexibility index (Phi) is 6.27. The van der Waals surface area contributed by atoms with Gasteiger partial charge in [-0.1, -0.05) is 24.3 Å². The van der Waals surface area contributed by atoms with Crippen LogP contribution in [0.25, 0.3) is 16.8 Å². The van der Waals surface area contributed by atoms with Crippen LogP contribution in [-0.4, -0.2) is 39.4 Å². The second kappa shape index (κ2) is 9.57. The minimum absolute atomic E-state index is 0.241. The number of amides is 1. The predicted octanol–water partition coefficient (Wildman–Crippen LogP) is 6.39. The standard InChI is InChI=1S/C31H33F2N5O2/c1-19-26(21-8-5-6-10-23(21)32)38-25(12-15-34-38)28(35-19)37-16-13-31(14-17-37)18-22-20(9-7-11-24(22)33)27(31)36-29(39)40-30(2,3)4/h5-12,15,27H,13-14,16-18H2,1-4H3,(H,36,39)/t27-/m1/s1. The highest BCUT2D eigenvalue weighted by molar-refractivity contribution is 5.76. The SMILES string of the molecule is Cc1nc(N2CCC3(CC2)Cc2c(F)cccc2[C@H]3NC(=O)OC(C)(C)C)c2ccnn2c1-c1ccccc1F. The molecule has 0 bridgehead atoms. The van der Waals surface area contributed by atoms with Gasteiger partial charge in [0.15, 0.2) is 5.82 Å². The molecule has 9 heteroatoms. The smallest absolute Gasteiger partial charge is 0.408 e. The number of rotatable bonds is 3. The van der Waals surface area contributed by atoms with Crippen molar-refractivity contribution >= 4 is 17.4 Å². The Hall–Kier alpha value is -4.01. The lowest BCUT2D eigenvalue weighted by atomic mass is 9.72. The third kappa shape index (κ3) is 4.47. The van der Waals surface area contributed by atoms with Crippen molar-refractivity contribution in [3.63, 3.8) is 0 Å². The van der Waals surface area contributed by atoms with Gasteiger partial charge in [-0.05, 0) is 82.3 Å². The average Bonchev–Trinajstić information content (AvgIpc) is 3.49. The first-order valence-corrected chi connectivity index (χ1v) is 13.7. The van der Waals surface area contributed by atoms with Gasteiger partial charge in [0.1, 0.15) is 22.8 Å². The van der Waals surface area contributed by atoms with E-state index in [0.29, 0.717) is 42.0 Å². The summed E-state index contributed by atoms with van der Waals surface area (Å²) in [4.78, 5) is 20.0. The van der Waals surface area contributed by atoms with Crippen molar-refractivity contribution in [2.24, 2.45) is 5.41 Å².